The first-order valence-electron chi connectivity index (χ1n) is 8.20. The molecule has 0 saturated heterocycles. The maximum Gasteiger partial charge on any atom is 0.302 e. The maximum absolute atomic E-state index is 11.1. The SMILES string of the molecule is CCOC(=S)SC(CCc1cc(OC)c(OC)c(OC)c1)COC(C)=O. The number of carbonyl (C=O) groups excluding carboxylic acids is 1. The van der Waals surface area contributed by atoms with Crippen molar-refractivity contribution in [1.82, 2.24) is 0 Å². The van der Waals surface area contributed by atoms with Gasteiger partial charge in [0.2, 0.25) is 10.1 Å². The van der Waals surface area contributed by atoms with E-state index in [1.54, 1.807) is 21.3 Å². The smallest absolute Gasteiger partial charge is 0.302 e. The maximum atomic E-state index is 11.1. The van der Waals surface area contributed by atoms with Gasteiger partial charge in [-0.3, -0.25) is 4.79 Å². The number of benzene rings is 1. The second kappa shape index (κ2) is 11.9. The Kier molecular flexibility index (Phi) is 10.2. The summed E-state index contributed by atoms with van der Waals surface area (Å²) in [6, 6.07) is 3.82. The van der Waals surface area contributed by atoms with Crippen molar-refractivity contribution in [1.29, 1.82) is 0 Å². The minimum Gasteiger partial charge on any atom is -0.493 e. The Morgan fingerprint density at radius 1 is 1.12 bits per heavy atom. The Balaban J connectivity index is 2.85. The third-order valence-corrected chi connectivity index (χ3v) is 4.90. The Bertz CT molecular complexity index is 580. The minimum absolute atomic E-state index is 0.00274. The van der Waals surface area contributed by atoms with Crippen molar-refractivity contribution in [2.75, 3.05) is 34.5 Å². The summed E-state index contributed by atoms with van der Waals surface area (Å²) >= 11 is 6.60. The van der Waals surface area contributed by atoms with E-state index in [-0.39, 0.29) is 17.8 Å². The van der Waals surface area contributed by atoms with Crippen molar-refractivity contribution in [3.63, 3.8) is 0 Å². The lowest BCUT2D eigenvalue weighted by Gasteiger charge is -2.18. The van der Waals surface area contributed by atoms with Crippen LogP contribution in [0, 0.1) is 0 Å². The Labute approximate surface area is 164 Å². The van der Waals surface area contributed by atoms with E-state index in [1.807, 2.05) is 19.1 Å². The van der Waals surface area contributed by atoms with E-state index in [0.717, 1.165) is 18.4 Å². The summed E-state index contributed by atoms with van der Waals surface area (Å²) in [5.41, 5.74) is 1.02. The van der Waals surface area contributed by atoms with Gasteiger partial charge in [-0.2, -0.15) is 0 Å². The van der Waals surface area contributed by atoms with Gasteiger partial charge in [0.25, 0.3) is 0 Å². The molecule has 0 amide bonds. The van der Waals surface area contributed by atoms with E-state index in [9.17, 15) is 4.79 Å². The summed E-state index contributed by atoms with van der Waals surface area (Å²) in [7, 11) is 4.74. The van der Waals surface area contributed by atoms with E-state index in [0.29, 0.717) is 28.2 Å². The number of carbonyl (C=O) groups is 1. The summed E-state index contributed by atoms with van der Waals surface area (Å²) < 4.78 is 27.0. The van der Waals surface area contributed by atoms with Crippen LogP contribution in [0.4, 0.5) is 0 Å². The van der Waals surface area contributed by atoms with Gasteiger partial charge < -0.3 is 23.7 Å². The predicted octanol–water partition coefficient (Wildman–Crippen LogP) is 3.63. The topological polar surface area (TPSA) is 63.2 Å². The number of hydrogen-bond donors (Lipinski definition) is 0. The Morgan fingerprint density at radius 3 is 2.19 bits per heavy atom. The molecule has 1 aromatic rings. The number of thioether (sulfide) groups is 1. The molecule has 0 radical (unpaired) electrons. The zero-order valence-corrected chi connectivity index (χ0v) is 17.5. The molecule has 1 unspecified atom stereocenters. The van der Waals surface area contributed by atoms with Gasteiger partial charge >= 0.3 is 5.97 Å². The van der Waals surface area contributed by atoms with Crippen LogP contribution in [0.15, 0.2) is 12.1 Å². The first kappa shape index (κ1) is 22.4. The van der Waals surface area contributed by atoms with Crippen molar-refractivity contribution in [3.8, 4) is 17.2 Å². The Morgan fingerprint density at radius 2 is 1.73 bits per heavy atom. The quantitative estimate of drug-likeness (QED) is 0.434. The molecule has 146 valence electrons. The molecule has 1 aromatic carbocycles. The fourth-order valence-electron chi connectivity index (χ4n) is 2.28. The fraction of sp³-hybridized carbons (Fsp3) is 0.556. The highest BCUT2D eigenvalue weighted by Crippen LogP contribution is 2.38. The molecule has 0 bridgehead atoms. The van der Waals surface area contributed by atoms with Gasteiger partial charge in [0, 0.05) is 12.2 Å². The van der Waals surface area contributed by atoms with E-state index < -0.39 is 0 Å². The summed E-state index contributed by atoms with van der Waals surface area (Å²) in [6.07, 6.45) is 1.47. The molecule has 0 spiro atoms. The van der Waals surface area contributed by atoms with Crippen LogP contribution >= 0.6 is 24.0 Å². The number of esters is 1. The molecular weight excluding hydrogens is 376 g/mol. The van der Waals surface area contributed by atoms with Crippen LogP contribution in [0.3, 0.4) is 0 Å². The van der Waals surface area contributed by atoms with Gasteiger partial charge in [-0.1, -0.05) is 11.8 Å². The van der Waals surface area contributed by atoms with Crippen LogP contribution in [-0.2, 0) is 20.7 Å². The lowest BCUT2D eigenvalue weighted by molar-refractivity contribution is -0.140. The summed E-state index contributed by atoms with van der Waals surface area (Å²) in [5, 5.41) is -0.00274. The monoisotopic (exact) mass is 402 g/mol. The summed E-state index contributed by atoms with van der Waals surface area (Å²) in [4.78, 5) is 11.1. The van der Waals surface area contributed by atoms with Gasteiger partial charge in [0.15, 0.2) is 11.5 Å². The van der Waals surface area contributed by atoms with E-state index in [1.165, 1.54) is 18.7 Å². The number of ether oxygens (including phenoxy) is 5. The molecule has 26 heavy (non-hydrogen) atoms. The molecule has 0 aliphatic heterocycles. The van der Waals surface area contributed by atoms with Crippen molar-refractivity contribution in [2.45, 2.75) is 31.9 Å². The first-order chi connectivity index (χ1) is 12.4. The van der Waals surface area contributed by atoms with Crippen molar-refractivity contribution < 1.29 is 28.5 Å². The van der Waals surface area contributed by atoms with Crippen LogP contribution < -0.4 is 14.2 Å². The number of methoxy groups -OCH3 is 3. The normalized spacial score (nSPS) is 11.4. The van der Waals surface area contributed by atoms with Crippen LogP contribution in [0.2, 0.25) is 0 Å². The molecule has 0 fully saturated rings. The van der Waals surface area contributed by atoms with E-state index in [4.69, 9.17) is 35.9 Å². The van der Waals surface area contributed by atoms with Gasteiger partial charge in [0.05, 0.1) is 27.9 Å². The highest BCUT2D eigenvalue weighted by Gasteiger charge is 2.18. The lowest BCUT2D eigenvalue weighted by atomic mass is 10.1. The molecule has 0 N–H and O–H groups in total. The largest absolute Gasteiger partial charge is 0.493 e. The molecule has 6 nitrogen and oxygen atoms in total. The molecule has 0 aliphatic carbocycles. The number of thiocarbonyl (C=S) groups is 1. The average molecular weight is 403 g/mol. The third-order valence-electron chi connectivity index (χ3n) is 3.48. The number of rotatable bonds is 10. The molecule has 0 aromatic heterocycles. The van der Waals surface area contributed by atoms with Gasteiger partial charge in [-0.25, -0.2) is 0 Å². The van der Waals surface area contributed by atoms with Crippen molar-refractivity contribution >= 4 is 34.3 Å². The standard InChI is InChI=1S/C18H26O6S2/c1-6-23-18(25)26-14(11-24-12(2)19)8-7-13-9-15(20-3)17(22-5)16(10-13)21-4/h9-10,14H,6-8,11H2,1-5H3. The van der Waals surface area contributed by atoms with Crippen LogP contribution in [0.5, 0.6) is 17.2 Å². The highest BCUT2D eigenvalue weighted by molar-refractivity contribution is 8.23. The lowest BCUT2D eigenvalue weighted by Crippen LogP contribution is -2.18. The van der Waals surface area contributed by atoms with E-state index in [2.05, 4.69) is 0 Å². The third kappa shape index (κ3) is 7.29. The highest BCUT2D eigenvalue weighted by atomic mass is 32.2. The molecule has 1 rings (SSSR count). The van der Waals surface area contributed by atoms with Gasteiger partial charge in [-0.15, -0.1) is 0 Å². The number of aryl methyl sites for hydroxylation is 1. The van der Waals surface area contributed by atoms with Crippen molar-refractivity contribution in [2.24, 2.45) is 0 Å². The van der Waals surface area contributed by atoms with Gasteiger partial charge in [-0.05, 0) is 49.7 Å². The molecule has 0 aliphatic rings. The second-order valence-corrected chi connectivity index (χ2v) is 7.20. The summed E-state index contributed by atoms with van der Waals surface area (Å²) in [6.45, 7) is 4.06. The van der Waals surface area contributed by atoms with Crippen LogP contribution in [-0.4, -0.2) is 50.1 Å². The zero-order chi connectivity index (χ0) is 19.5. The summed E-state index contributed by atoms with van der Waals surface area (Å²) in [5.74, 6) is 1.46. The fourth-order valence-corrected chi connectivity index (χ4v) is 3.64. The minimum atomic E-state index is -0.314. The second-order valence-electron chi connectivity index (χ2n) is 5.30. The average Bonchev–Trinajstić information content (AvgIpc) is 2.62. The molecular formula is C18H26O6S2. The van der Waals surface area contributed by atoms with Gasteiger partial charge in [0.1, 0.15) is 6.61 Å². The predicted molar refractivity (Wildman–Crippen MR) is 107 cm³/mol. The van der Waals surface area contributed by atoms with Crippen LogP contribution in [0.1, 0.15) is 25.8 Å². The Hall–Kier alpha value is -1.67. The molecule has 1 atom stereocenters. The zero-order valence-electron chi connectivity index (χ0n) is 15.8. The van der Waals surface area contributed by atoms with Crippen LogP contribution in [0.25, 0.3) is 0 Å². The number of hydrogen-bond acceptors (Lipinski definition) is 8. The molecule has 8 heteroatoms. The van der Waals surface area contributed by atoms with Crippen molar-refractivity contribution in [3.05, 3.63) is 17.7 Å². The van der Waals surface area contributed by atoms with E-state index >= 15 is 0 Å². The molecule has 0 heterocycles. The molecule has 0 saturated carbocycles. The first-order valence-corrected chi connectivity index (χ1v) is 9.49.